The molecule has 0 bridgehead atoms. The van der Waals surface area contributed by atoms with E-state index < -0.39 is 40.0 Å². The zero-order chi connectivity index (χ0) is 23.0. The Kier molecular flexibility index (Phi) is 6.06. The minimum absolute atomic E-state index is 0.0316. The molecule has 0 radical (unpaired) electrons. The Morgan fingerprint density at radius 2 is 1.94 bits per heavy atom. The number of carbonyl (C=O) groups excluding carboxylic acids is 1. The van der Waals surface area contributed by atoms with Crippen LogP contribution in [0.2, 0.25) is 0 Å². The molecule has 0 aliphatic carbocycles. The number of nitrogens with one attached hydrogen (secondary N) is 1. The zero-order valence-electron chi connectivity index (χ0n) is 17.3. The summed E-state index contributed by atoms with van der Waals surface area (Å²) in [7, 11) is -3.39. The molecule has 2 aromatic carbocycles. The molecule has 0 saturated carbocycles. The quantitative estimate of drug-likeness (QED) is 0.700. The Hall–Kier alpha value is -2.76. The van der Waals surface area contributed by atoms with Gasteiger partial charge >= 0.3 is 6.09 Å². The Labute approximate surface area is 184 Å². The van der Waals surface area contributed by atoms with Gasteiger partial charge in [0.2, 0.25) is 10.0 Å². The summed E-state index contributed by atoms with van der Waals surface area (Å²) in [4.78, 5) is 13.6. The molecule has 2 aliphatic heterocycles. The van der Waals surface area contributed by atoms with Crippen LogP contribution in [0.15, 0.2) is 36.4 Å². The SMILES string of the molecule is CS(=O)(=O)Nc1ccc2c(c1)CN([C@H]1CO[C@H](c3cc(F)ccc3F)[C@@H](OC(N)=O)C1)C2. The van der Waals surface area contributed by atoms with Crippen molar-refractivity contribution in [1.82, 2.24) is 4.90 Å². The summed E-state index contributed by atoms with van der Waals surface area (Å²) in [6.07, 6.45) is -1.50. The molecule has 11 heteroatoms. The van der Waals surface area contributed by atoms with Crippen LogP contribution in [-0.2, 0) is 32.6 Å². The van der Waals surface area contributed by atoms with Gasteiger partial charge in [-0.15, -0.1) is 0 Å². The van der Waals surface area contributed by atoms with Crippen molar-refractivity contribution < 1.29 is 31.5 Å². The molecule has 1 amide bonds. The molecule has 3 N–H and O–H groups in total. The normalized spacial score (nSPS) is 23.5. The first kappa shape index (κ1) is 22.4. The predicted molar refractivity (Wildman–Crippen MR) is 112 cm³/mol. The number of hydrogen-bond donors (Lipinski definition) is 2. The number of ether oxygens (including phenoxy) is 2. The van der Waals surface area contributed by atoms with E-state index in [1.54, 1.807) is 12.1 Å². The lowest BCUT2D eigenvalue weighted by Crippen LogP contribution is -2.46. The van der Waals surface area contributed by atoms with Crippen LogP contribution in [0.4, 0.5) is 19.3 Å². The number of rotatable bonds is 5. The maximum atomic E-state index is 14.3. The number of carbonyl (C=O) groups is 1. The highest BCUT2D eigenvalue weighted by Gasteiger charge is 2.40. The van der Waals surface area contributed by atoms with Crippen LogP contribution < -0.4 is 10.5 Å². The Bertz CT molecular complexity index is 1140. The van der Waals surface area contributed by atoms with E-state index in [1.165, 1.54) is 0 Å². The summed E-state index contributed by atoms with van der Waals surface area (Å²) in [5.41, 5.74) is 7.66. The van der Waals surface area contributed by atoms with E-state index in [4.69, 9.17) is 15.2 Å². The fourth-order valence-corrected chi connectivity index (χ4v) is 4.83. The van der Waals surface area contributed by atoms with Crippen LogP contribution in [0.3, 0.4) is 0 Å². The number of fused-ring (bicyclic) bond motifs is 1. The van der Waals surface area contributed by atoms with Crippen molar-refractivity contribution in [3.05, 3.63) is 64.7 Å². The first-order valence-corrected chi connectivity index (χ1v) is 11.8. The van der Waals surface area contributed by atoms with E-state index in [9.17, 15) is 22.0 Å². The summed E-state index contributed by atoms with van der Waals surface area (Å²) in [6.45, 7) is 1.33. The predicted octanol–water partition coefficient (Wildman–Crippen LogP) is 2.65. The third-order valence-electron chi connectivity index (χ3n) is 5.62. The number of nitrogens with zero attached hydrogens (tertiary/aromatic N) is 1. The lowest BCUT2D eigenvalue weighted by Gasteiger charge is -2.39. The van der Waals surface area contributed by atoms with E-state index in [2.05, 4.69) is 9.62 Å². The van der Waals surface area contributed by atoms with Gasteiger partial charge in [-0.1, -0.05) is 6.07 Å². The van der Waals surface area contributed by atoms with Gasteiger partial charge < -0.3 is 15.2 Å². The number of nitrogens with two attached hydrogens (primary N) is 1. The molecule has 4 rings (SSSR count). The van der Waals surface area contributed by atoms with Crippen LogP contribution >= 0.6 is 0 Å². The molecule has 172 valence electrons. The third-order valence-corrected chi connectivity index (χ3v) is 6.22. The van der Waals surface area contributed by atoms with Crippen LogP contribution in [0, 0.1) is 11.6 Å². The minimum Gasteiger partial charge on any atom is -0.443 e. The van der Waals surface area contributed by atoms with Crippen molar-refractivity contribution in [2.75, 3.05) is 17.6 Å². The second-order valence-corrected chi connectivity index (χ2v) is 9.80. The molecule has 3 atom stereocenters. The molecule has 8 nitrogen and oxygen atoms in total. The summed E-state index contributed by atoms with van der Waals surface area (Å²) in [6, 6.07) is 8.19. The number of sulfonamides is 1. The van der Waals surface area contributed by atoms with Crippen molar-refractivity contribution in [3.63, 3.8) is 0 Å². The first-order chi connectivity index (χ1) is 15.1. The van der Waals surface area contributed by atoms with E-state index in [0.29, 0.717) is 25.2 Å². The van der Waals surface area contributed by atoms with Gasteiger partial charge in [0.15, 0.2) is 0 Å². The molecule has 2 aliphatic rings. The molecular formula is C21H23F2N3O5S. The van der Waals surface area contributed by atoms with E-state index >= 15 is 0 Å². The van der Waals surface area contributed by atoms with Gasteiger partial charge in [-0.05, 0) is 41.5 Å². The van der Waals surface area contributed by atoms with Crippen LogP contribution in [0.5, 0.6) is 0 Å². The topological polar surface area (TPSA) is 111 Å². The maximum absolute atomic E-state index is 14.3. The Balaban J connectivity index is 1.51. The van der Waals surface area contributed by atoms with Gasteiger partial charge in [0.25, 0.3) is 0 Å². The average molecular weight is 467 g/mol. The lowest BCUT2D eigenvalue weighted by atomic mass is 9.94. The molecular weight excluding hydrogens is 444 g/mol. The fourth-order valence-electron chi connectivity index (χ4n) is 4.27. The third kappa shape index (κ3) is 5.00. The summed E-state index contributed by atoms with van der Waals surface area (Å²) < 4.78 is 64.5. The maximum Gasteiger partial charge on any atom is 0.404 e. The van der Waals surface area contributed by atoms with Gasteiger partial charge in [0, 0.05) is 36.8 Å². The van der Waals surface area contributed by atoms with Crippen molar-refractivity contribution in [2.24, 2.45) is 5.73 Å². The second-order valence-electron chi connectivity index (χ2n) is 8.05. The average Bonchev–Trinajstić information content (AvgIpc) is 3.11. The standard InChI is InChI=1S/C21H23F2N3O5S/c1-32(28,29)25-15-4-2-12-9-26(10-13(12)6-15)16-8-19(31-21(24)27)20(30-11-16)17-7-14(22)3-5-18(17)23/h2-7,16,19-20,25H,8-11H2,1H3,(H2,24,27)/t16-,19+,20-/m1/s1. The number of primary amides is 1. The molecule has 1 fully saturated rings. The molecule has 32 heavy (non-hydrogen) atoms. The highest BCUT2D eigenvalue weighted by Crippen LogP contribution is 2.37. The molecule has 0 aromatic heterocycles. The highest BCUT2D eigenvalue weighted by atomic mass is 32.2. The van der Waals surface area contributed by atoms with Crippen molar-refractivity contribution in [3.8, 4) is 0 Å². The largest absolute Gasteiger partial charge is 0.443 e. The van der Waals surface area contributed by atoms with E-state index in [0.717, 1.165) is 35.6 Å². The van der Waals surface area contributed by atoms with E-state index in [1.807, 2.05) is 6.07 Å². The molecule has 2 heterocycles. The van der Waals surface area contributed by atoms with Gasteiger partial charge in [0.05, 0.1) is 12.9 Å². The Morgan fingerprint density at radius 3 is 2.66 bits per heavy atom. The smallest absolute Gasteiger partial charge is 0.404 e. The Morgan fingerprint density at radius 1 is 1.19 bits per heavy atom. The summed E-state index contributed by atoms with van der Waals surface area (Å²) >= 11 is 0. The first-order valence-electron chi connectivity index (χ1n) is 9.95. The lowest BCUT2D eigenvalue weighted by molar-refractivity contribution is -0.114. The number of benzene rings is 2. The number of halogens is 2. The molecule has 0 spiro atoms. The van der Waals surface area contributed by atoms with Gasteiger partial charge in [-0.25, -0.2) is 22.0 Å². The van der Waals surface area contributed by atoms with E-state index in [-0.39, 0.29) is 18.2 Å². The number of amides is 1. The monoisotopic (exact) mass is 467 g/mol. The van der Waals surface area contributed by atoms with Crippen molar-refractivity contribution in [2.45, 2.75) is 37.8 Å². The van der Waals surface area contributed by atoms with Crippen LogP contribution in [0.25, 0.3) is 0 Å². The van der Waals surface area contributed by atoms with Gasteiger partial charge in [-0.2, -0.15) is 0 Å². The highest BCUT2D eigenvalue weighted by molar-refractivity contribution is 7.92. The fraction of sp³-hybridized carbons (Fsp3) is 0.381. The molecule has 1 saturated heterocycles. The zero-order valence-corrected chi connectivity index (χ0v) is 18.1. The summed E-state index contributed by atoms with van der Waals surface area (Å²) in [5.74, 6) is -1.29. The minimum atomic E-state index is -3.39. The molecule has 2 aromatic rings. The number of hydrogen-bond acceptors (Lipinski definition) is 6. The number of anilines is 1. The molecule has 0 unspecified atom stereocenters. The summed E-state index contributed by atoms with van der Waals surface area (Å²) in [5, 5.41) is 0. The van der Waals surface area contributed by atoms with Crippen LogP contribution in [0.1, 0.15) is 29.2 Å². The van der Waals surface area contributed by atoms with Crippen molar-refractivity contribution >= 4 is 21.8 Å². The second kappa shape index (κ2) is 8.64. The van der Waals surface area contributed by atoms with Crippen molar-refractivity contribution in [1.29, 1.82) is 0 Å². The van der Waals surface area contributed by atoms with Gasteiger partial charge in [-0.3, -0.25) is 9.62 Å². The van der Waals surface area contributed by atoms with Crippen LogP contribution in [-0.4, -0.2) is 44.4 Å². The van der Waals surface area contributed by atoms with Gasteiger partial charge in [0.1, 0.15) is 23.8 Å².